The van der Waals surface area contributed by atoms with Gasteiger partial charge in [0.05, 0.1) is 0 Å². The third-order valence-electron chi connectivity index (χ3n) is 7.63. The number of fused-ring (bicyclic) bond motifs is 8. The molecule has 1 saturated carbocycles. The summed E-state index contributed by atoms with van der Waals surface area (Å²) in [7, 11) is 0. The van der Waals surface area contributed by atoms with Crippen LogP contribution in [0.2, 0.25) is 0 Å². The van der Waals surface area contributed by atoms with Crippen molar-refractivity contribution in [3.8, 4) is 0 Å². The molecule has 6 rings (SSSR count). The average molecular weight is 366 g/mol. The molecule has 2 aromatic carbocycles. The zero-order valence-electron chi connectivity index (χ0n) is 16.3. The summed E-state index contributed by atoms with van der Waals surface area (Å²) in [6, 6.07) is 17.1. The molecule has 1 fully saturated rings. The van der Waals surface area contributed by atoms with E-state index in [4.69, 9.17) is 0 Å². The fourth-order valence-electron chi connectivity index (χ4n) is 6.05. The molecule has 1 heteroatoms. The quantitative estimate of drug-likeness (QED) is 0.466. The van der Waals surface area contributed by atoms with Crippen LogP contribution < -0.4 is 0 Å². The number of rotatable bonds is 0. The van der Waals surface area contributed by atoms with E-state index in [-0.39, 0.29) is 10.8 Å². The number of allylic oxidation sites excluding steroid dienone is 6. The molecular weight excluding hydrogens is 343 g/mol. The van der Waals surface area contributed by atoms with E-state index < -0.39 is 6.17 Å². The Morgan fingerprint density at radius 1 is 0.786 bits per heavy atom. The predicted molar refractivity (Wildman–Crippen MR) is 115 cm³/mol. The second-order valence-electron chi connectivity index (χ2n) is 8.89. The van der Waals surface area contributed by atoms with Gasteiger partial charge in [-0.25, -0.2) is 4.39 Å². The fourth-order valence-corrected chi connectivity index (χ4v) is 6.05. The van der Waals surface area contributed by atoms with Gasteiger partial charge in [-0.05, 0) is 57.4 Å². The van der Waals surface area contributed by atoms with Crippen LogP contribution in [0.4, 0.5) is 4.39 Å². The van der Waals surface area contributed by atoms with Gasteiger partial charge in [0, 0.05) is 10.8 Å². The Bertz CT molecular complexity index is 1160. The minimum absolute atomic E-state index is 0.191. The van der Waals surface area contributed by atoms with Crippen LogP contribution in [0, 0.1) is 10.8 Å². The molecule has 138 valence electrons. The van der Waals surface area contributed by atoms with Gasteiger partial charge in [-0.2, -0.15) is 0 Å². The smallest absolute Gasteiger partial charge is 0.126 e. The van der Waals surface area contributed by atoms with Crippen molar-refractivity contribution in [1.29, 1.82) is 0 Å². The molecule has 3 unspecified atom stereocenters. The molecule has 0 aromatic heterocycles. The normalized spacial score (nSPS) is 31.9. The standard InChI is InChI=1S/C27H23F/c1-26-15-13-17-7-3-5-9-19(17)24(26)21-11-12-22(28)23(21)25-20-10-6-4-8-18(20)14-16-27(25,26)2/h3-10,13-16,22H,11-12H2,1-2H3. The molecule has 28 heavy (non-hydrogen) atoms. The van der Waals surface area contributed by atoms with Crippen LogP contribution in [0.5, 0.6) is 0 Å². The van der Waals surface area contributed by atoms with Crippen molar-refractivity contribution in [2.24, 2.45) is 10.8 Å². The first-order valence-corrected chi connectivity index (χ1v) is 10.2. The average Bonchev–Trinajstić information content (AvgIpc) is 3.08. The Hall–Kier alpha value is -2.67. The van der Waals surface area contributed by atoms with Crippen LogP contribution in [0.1, 0.15) is 48.9 Å². The first-order valence-electron chi connectivity index (χ1n) is 10.2. The van der Waals surface area contributed by atoms with Crippen molar-refractivity contribution in [3.63, 3.8) is 0 Å². The molecule has 0 radical (unpaired) electrons. The number of hydrogen-bond acceptors (Lipinski definition) is 0. The molecular formula is C27H23F. The second kappa shape index (κ2) is 5.23. The lowest BCUT2D eigenvalue weighted by Crippen LogP contribution is -2.43. The lowest BCUT2D eigenvalue weighted by atomic mass is 9.49. The summed E-state index contributed by atoms with van der Waals surface area (Å²) in [5.74, 6) is 0. The Balaban J connectivity index is 1.79. The van der Waals surface area contributed by atoms with Gasteiger partial charge in [0.1, 0.15) is 6.17 Å². The maximum absolute atomic E-state index is 15.4. The molecule has 4 aliphatic rings. The second-order valence-corrected chi connectivity index (χ2v) is 8.89. The third-order valence-corrected chi connectivity index (χ3v) is 7.63. The van der Waals surface area contributed by atoms with E-state index in [1.165, 1.54) is 39.0 Å². The van der Waals surface area contributed by atoms with Gasteiger partial charge >= 0.3 is 0 Å². The highest BCUT2D eigenvalue weighted by molar-refractivity contribution is 5.99. The molecule has 3 atom stereocenters. The van der Waals surface area contributed by atoms with Gasteiger partial charge in [-0.15, -0.1) is 0 Å². The van der Waals surface area contributed by atoms with Gasteiger partial charge in [0.2, 0.25) is 0 Å². The minimum Gasteiger partial charge on any atom is -0.242 e. The van der Waals surface area contributed by atoms with E-state index in [0.29, 0.717) is 6.42 Å². The Labute approximate surface area is 165 Å². The van der Waals surface area contributed by atoms with Crippen molar-refractivity contribution < 1.29 is 4.39 Å². The molecule has 0 N–H and O–H groups in total. The zero-order chi connectivity index (χ0) is 19.1. The molecule has 0 saturated heterocycles. The Morgan fingerprint density at radius 3 is 1.96 bits per heavy atom. The summed E-state index contributed by atoms with van der Waals surface area (Å²) in [5, 5.41) is 0. The van der Waals surface area contributed by atoms with Gasteiger partial charge in [0.15, 0.2) is 0 Å². The highest BCUT2D eigenvalue weighted by atomic mass is 19.1. The molecule has 0 nitrogen and oxygen atoms in total. The highest BCUT2D eigenvalue weighted by Gasteiger charge is 2.56. The van der Waals surface area contributed by atoms with Gasteiger partial charge < -0.3 is 0 Å². The lowest BCUT2D eigenvalue weighted by molar-refractivity contribution is 0.330. The molecule has 0 heterocycles. The summed E-state index contributed by atoms with van der Waals surface area (Å²) >= 11 is 0. The molecule has 0 spiro atoms. The topological polar surface area (TPSA) is 0 Å². The number of alkyl halides is 1. The lowest BCUT2D eigenvalue weighted by Gasteiger charge is -2.54. The van der Waals surface area contributed by atoms with Crippen molar-refractivity contribution >= 4 is 23.3 Å². The van der Waals surface area contributed by atoms with Crippen molar-refractivity contribution in [3.05, 3.63) is 94.1 Å². The number of hydrogen-bond donors (Lipinski definition) is 0. The summed E-state index contributed by atoms with van der Waals surface area (Å²) in [5.41, 5.74) is 9.25. The monoisotopic (exact) mass is 366 g/mol. The van der Waals surface area contributed by atoms with E-state index in [1.54, 1.807) is 0 Å². The first kappa shape index (κ1) is 16.3. The van der Waals surface area contributed by atoms with E-state index >= 15 is 4.39 Å². The minimum atomic E-state index is -0.876. The molecule has 0 amide bonds. The fraction of sp³-hybridized carbons (Fsp3) is 0.259. The van der Waals surface area contributed by atoms with Crippen LogP contribution in [0.15, 0.2) is 71.8 Å². The van der Waals surface area contributed by atoms with E-state index in [1.807, 2.05) is 0 Å². The van der Waals surface area contributed by atoms with Crippen LogP contribution in [0.25, 0.3) is 23.3 Å². The molecule has 4 aliphatic carbocycles. The zero-order valence-corrected chi connectivity index (χ0v) is 16.3. The Kier molecular flexibility index (Phi) is 3.04. The van der Waals surface area contributed by atoms with Gasteiger partial charge in [-0.3, -0.25) is 0 Å². The molecule has 0 aliphatic heterocycles. The number of halogens is 1. The van der Waals surface area contributed by atoms with E-state index in [9.17, 15) is 0 Å². The molecule has 0 bridgehead atoms. The summed E-state index contributed by atoms with van der Waals surface area (Å²) < 4.78 is 15.4. The van der Waals surface area contributed by atoms with E-state index in [0.717, 1.165) is 12.0 Å². The van der Waals surface area contributed by atoms with Gasteiger partial charge in [0.25, 0.3) is 0 Å². The maximum atomic E-state index is 15.4. The third kappa shape index (κ3) is 1.76. The van der Waals surface area contributed by atoms with Crippen molar-refractivity contribution in [2.75, 3.05) is 0 Å². The van der Waals surface area contributed by atoms with Gasteiger partial charge in [-0.1, -0.05) is 86.7 Å². The van der Waals surface area contributed by atoms with Crippen molar-refractivity contribution in [2.45, 2.75) is 32.9 Å². The van der Waals surface area contributed by atoms with Crippen LogP contribution in [0.3, 0.4) is 0 Å². The number of benzene rings is 2. The summed E-state index contributed by atoms with van der Waals surface area (Å²) in [4.78, 5) is 0. The largest absolute Gasteiger partial charge is 0.242 e. The summed E-state index contributed by atoms with van der Waals surface area (Å²) in [6.45, 7) is 4.66. The van der Waals surface area contributed by atoms with Crippen LogP contribution in [-0.2, 0) is 0 Å². The maximum Gasteiger partial charge on any atom is 0.126 e. The van der Waals surface area contributed by atoms with Crippen LogP contribution in [-0.4, -0.2) is 6.17 Å². The van der Waals surface area contributed by atoms with E-state index in [2.05, 4.69) is 86.7 Å². The van der Waals surface area contributed by atoms with Crippen molar-refractivity contribution in [1.82, 2.24) is 0 Å². The first-order chi connectivity index (χ1) is 13.5. The Morgan fingerprint density at radius 2 is 1.32 bits per heavy atom. The molecule has 2 aromatic rings. The van der Waals surface area contributed by atoms with Crippen LogP contribution >= 0.6 is 0 Å². The predicted octanol–water partition coefficient (Wildman–Crippen LogP) is 7.11. The summed E-state index contributed by atoms with van der Waals surface area (Å²) in [6.07, 6.45) is 9.76. The SMILES string of the molecule is CC12C=Cc3ccccc3C1=C1CCC(F)C1=C1c3ccccc3C=CC12C. The highest BCUT2D eigenvalue weighted by Crippen LogP contribution is 2.68.